The van der Waals surface area contributed by atoms with Crippen molar-refractivity contribution in [2.75, 3.05) is 40.9 Å². The maximum atomic E-state index is 16.4. The SMILES string of the molecule is C[C@H]1[C@H]([Si](C)(C)F)[C@@H](CC(=O)N2CCC[C@H]2CO)O[C@]12C(=O)N(Cc1cccc(N3CCCC3=O)c1)c1ccc(N3CCCC3=O)cc12. The summed E-state index contributed by atoms with van der Waals surface area (Å²) in [6, 6.07) is 13.0. The summed E-state index contributed by atoms with van der Waals surface area (Å²) in [6.07, 6.45) is 3.11. The van der Waals surface area contributed by atoms with Crippen molar-refractivity contribution in [3.63, 3.8) is 0 Å². The predicted octanol–water partition coefficient (Wildman–Crippen LogP) is 4.64. The number of carbonyl (C=O) groups is 4. The van der Waals surface area contributed by atoms with Crippen LogP contribution in [0, 0.1) is 5.92 Å². The molecular weight excluding hydrogens is 632 g/mol. The molecule has 5 aliphatic rings. The molecule has 7 rings (SSSR count). The number of rotatable bonds is 8. The van der Waals surface area contributed by atoms with Crippen LogP contribution in [-0.2, 0) is 36.1 Å². The van der Waals surface area contributed by atoms with E-state index in [1.807, 2.05) is 49.4 Å². The number of benzene rings is 2. The molecule has 48 heavy (non-hydrogen) atoms. The number of fused-ring (bicyclic) bond motifs is 2. The molecule has 2 aromatic carbocycles. The van der Waals surface area contributed by atoms with Gasteiger partial charge in [0, 0.05) is 60.9 Å². The normalized spacial score (nSPS) is 28.9. The van der Waals surface area contributed by atoms with E-state index in [0.29, 0.717) is 55.8 Å². The Balaban J connectivity index is 1.28. The number of halogens is 1. The lowest BCUT2D eigenvalue weighted by atomic mass is 9.82. The number of amides is 4. The van der Waals surface area contributed by atoms with Gasteiger partial charge in [-0.25, -0.2) is 0 Å². The molecule has 1 spiro atoms. The van der Waals surface area contributed by atoms with E-state index >= 15 is 4.11 Å². The van der Waals surface area contributed by atoms with E-state index in [4.69, 9.17) is 4.74 Å². The van der Waals surface area contributed by atoms with E-state index in [1.54, 1.807) is 32.7 Å². The first-order valence-corrected chi connectivity index (χ1v) is 20.3. The first kappa shape index (κ1) is 32.9. The zero-order valence-electron chi connectivity index (χ0n) is 28.0. The van der Waals surface area contributed by atoms with E-state index in [-0.39, 0.29) is 49.2 Å². The molecule has 256 valence electrons. The zero-order valence-corrected chi connectivity index (χ0v) is 29.0. The Bertz CT molecular complexity index is 1650. The Kier molecular flexibility index (Phi) is 8.48. The highest BCUT2D eigenvalue weighted by Gasteiger charge is 2.67. The molecule has 0 saturated carbocycles. The van der Waals surface area contributed by atoms with Gasteiger partial charge in [-0.3, -0.25) is 19.2 Å². The van der Waals surface area contributed by atoms with Crippen LogP contribution < -0.4 is 14.7 Å². The van der Waals surface area contributed by atoms with E-state index in [9.17, 15) is 24.3 Å². The van der Waals surface area contributed by atoms with Crippen LogP contribution in [0.1, 0.15) is 63.0 Å². The van der Waals surface area contributed by atoms with Crippen molar-refractivity contribution in [2.24, 2.45) is 5.92 Å². The second kappa shape index (κ2) is 12.4. The molecule has 10 nitrogen and oxygen atoms in total. The molecule has 0 unspecified atom stereocenters. The summed E-state index contributed by atoms with van der Waals surface area (Å²) in [5.41, 5.74) is 1.31. The fourth-order valence-electron chi connectivity index (χ4n) is 9.05. The number of carbonyl (C=O) groups excluding carboxylic acids is 4. The standard InChI is InChI=1S/C36H45FN4O6Si/c1-23-34(48(2,3)37)30(20-33(45)40-15-5-10-27(40)22-42)47-36(23)28-19-26(39-17-7-12-32(39)44)13-14-29(28)41(35(36)46)21-24-8-4-9-25(18-24)38-16-6-11-31(38)43/h4,8-9,13-14,18-19,23,27,30,34,42H,5-7,10-12,15-17,20-22H2,1-3H3/t23-,27-,30+,34-,36+/m0/s1. The Morgan fingerprint density at radius 1 is 0.979 bits per heavy atom. The molecule has 12 heteroatoms. The fraction of sp³-hybridized carbons (Fsp3) is 0.556. The minimum atomic E-state index is -3.52. The Hall–Kier alpha value is -3.61. The van der Waals surface area contributed by atoms with E-state index in [1.165, 1.54) is 0 Å². The number of aliphatic hydroxyl groups is 1. The number of hydrogen-bond donors (Lipinski definition) is 1. The van der Waals surface area contributed by atoms with Crippen molar-refractivity contribution < 1.29 is 33.1 Å². The molecule has 2 aromatic rings. The lowest BCUT2D eigenvalue weighted by Gasteiger charge is -2.31. The monoisotopic (exact) mass is 676 g/mol. The smallest absolute Gasteiger partial charge is 0.264 e. The van der Waals surface area contributed by atoms with Crippen molar-refractivity contribution in [3.05, 3.63) is 53.6 Å². The van der Waals surface area contributed by atoms with E-state index in [0.717, 1.165) is 30.5 Å². The third kappa shape index (κ3) is 5.36. The van der Waals surface area contributed by atoms with Crippen LogP contribution in [-0.4, -0.2) is 80.4 Å². The van der Waals surface area contributed by atoms with Crippen molar-refractivity contribution in [3.8, 4) is 0 Å². The number of likely N-dealkylation sites (tertiary alicyclic amines) is 1. The van der Waals surface area contributed by atoms with Crippen LogP contribution in [0.15, 0.2) is 42.5 Å². The average molecular weight is 677 g/mol. The zero-order chi connectivity index (χ0) is 34.0. The second-order valence-corrected chi connectivity index (χ2v) is 18.4. The summed E-state index contributed by atoms with van der Waals surface area (Å²) in [7, 11) is -3.52. The summed E-state index contributed by atoms with van der Waals surface area (Å²) in [5, 5.41) is 9.88. The molecule has 5 atom stereocenters. The number of nitrogens with zero attached hydrogens (tertiary/aromatic N) is 4. The highest BCUT2D eigenvalue weighted by Crippen LogP contribution is 2.61. The maximum Gasteiger partial charge on any atom is 0.264 e. The van der Waals surface area contributed by atoms with Crippen LogP contribution in [0.3, 0.4) is 0 Å². The number of ether oxygens (including phenoxy) is 1. The van der Waals surface area contributed by atoms with Crippen LogP contribution >= 0.6 is 0 Å². The number of hydrogen-bond acceptors (Lipinski definition) is 6. The summed E-state index contributed by atoms with van der Waals surface area (Å²) in [4.78, 5) is 60.8. The summed E-state index contributed by atoms with van der Waals surface area (Å²) >= 11 is 0. The van der Waals surface area contributed by atoms with Gasteiger partial charge >= 0.3 is 0 Å². The largest absolute Gasteiger partial charge is 0.394 e. The van der Waals surface area contributed by atoms with Gasteiger partial charge in [0.2, 0.25) is 26.1 Å². The van der Waals surface area contributed by atoms with Gasteiger partial charge in [-0.2, -0.15) is 0 Å². The molecule has 1 N–H and O–H groups in total. The van der Waals surface area contributed by atoms with Gasteiger partial charge in [-0.05, 0) is 74.7 Å². The molecule has 0 aromatic heterocycles. The van der Waals surface area contributed by atoms with Gasteiger partial charge in [-0.1, -0.05) is 19.1 Å². The molecule has 4 saturated heterocycles. The minimum Gasteiger partial charge on any atom is -0.394 e. The maximum absolute atomic E-state index is 16.4. The van der Waals surface area contributed by atoms with Crippen molar-refractivity contribution >= 4 is 49.1 Å². The first-order chi connectivity index (χ1) is 22.9. The van der Waals surface area contributed by atoms with Gasteiger partial charge in [0.1, 0.15) is 0 Å². The van der Waals surface area contributed by atoms with Gasteiger partial charge in [0.15, 0.2) is 5.60 Å². The molecule has 4 amide bonds. The van der Waals surface area contributed by atoms with Crippen LogP contribution in [0.25, 0.3) is 0 Å². The summed E-state index contributed by atoms with van der Waals surface area (Å²) < 4.78 is 23.3. The van der Waals surface area contributed by atoms with Gasteiger partial charge < -0.3 is 33.6 Å². The fourth-order valence-corrected chi connectivity index (χ4v) is 11.5. The van der Waals surface area contributed by atoms with E-state index < -0.39 is 31.6 Å². The lowest BCUT2D eigenvalue weighted by molar-refractivity contribution is -0.150. The average Bonchev–Trinajstić information content (AvgIpc) is 3.87. The molecular formula is C36H45FN4O6Si. The van der Waals surface area contributed by atoms with Gasteiger partial charge in [0.25, 0.3) is 5.91 Å². The minimum absolute atomic E-state index is 0.0153. The van der Waals surface area contributed by atoms with Gasteiger partial charge in [0.05, 0.1) is 37.4 Å². The highest BCUT2D eigenvalue weighted by atomic mass is 28.4. The van der Waals surface area contributed by atoms with Crippen molar-refractivity contribution in [1.82, 2.24) is 4.90 Å². The molecule has 5 aliphatic heterocycles. The van der Waals surface area contributed by atoms with Crippen LogP contribution in [0.2, 0.25) is 18.6 Å². The third-order valence-electron chi connectivity index (χ3n) is 11.2. The second-order valence-electron chi connectivity index (χ2n) is 14.6. The van der Waals surface area contributed by atoms with Crippen LogP contribution in [0.5, 0.6) is 0 Å². The number of anilines is 3. The lowest BCUT2D eigenvalue weighted by Crippen LogP contribution is -2.45. The van der Waals surface area contributed by atoms with Crippen molar-refractivity contribution in [1.29, 1.82) is 0 Å². The van der Waals surface area contributed by atoms with Crippen molar-refractivity contribution in [2.45, 2.75) is 94.8 Å². The molecule has 4 fully saturated rings. The Morgan fingerprint density at radius 2 is 1.67 bits per heavy atom. The molecule has 0 bridgehead atoms. The summed E-state index contributed by atoms with van der Waals surface area (Å²) in [6.45, 7) is 6.94. The number of aliphatic hydroxyl groups excluding tert-OH is 1. The quantitative estimate of drug-likeness (QED) is 0.323. The molecule has 5 heterocycles. The molecule has 0 aliphatic carbocycles. The van der Waals surface area contributed by atoms with E-state index in [2.05, 4.69) is 0 Å². The molecule has 0 radical (unpaired) electrons. The predicted molar refractivity (Wildman–Crippen MR) is 182 cm³/mol. The van der Waals surface area contributed by atoms with Crippen LogP contribution in [0.4, 0.5) is 21.2 Å². The topological polar surface area (TPSA) is 111 Å². The third-order valence-corrected chi connectivity index (χ3v) is 13.7. The Morgan fingerprint density at radius 3 is 2.29 bits per heavy atom. The summed E-state index contributed by atoms with van der Waals surface area (Å²) in [5.74, 6) is -1.01. The first-order valence-electron chi connectivity index (χ1n) is 17.4. The highest BCUT2D eigenvalue weighted by molar-refractivity contribution is 6.72. The van der Waals surface area contributed by atoms with Gasteiger partial charge in [-0.15, -0.1) is 0 Å². The Labute approximate surface area is 282 Å².